The molecule has 102 valence electrons. The zero-order chi connectivity index (χ0) is 14.7. The molecule has 0 unspecified atom stereocenters. The predicted molar refractivity (Wildman–Crippen MR) is 90.5 cm³/mol. The summed E-state index contributed by atoms with van der Waals surface area (Å²) in [7, 11) is -2.77. The molecule has 0 aromatic heterocycles. The largest absolute Gasteiger partial charge is 0.123 e. The Balaban J connectivity index is 6.41. The van der Waals surface area contributed by atoms with E-state index in [1.807, 2.05) is 0 Å². The van der Waals surface area contributed by atoms with E-state index in [4.69, 9.17) is 0 Å². The molecule has 0 amide bonds. The van der Waals surface area contributed by atoms with Gasteiger partial charge in [0.05, 0.1) is 16.1 Å². The fourth-order valence-electron chi connectivity index (χ4n) is 1.75. The molecular weight excluding hydrogens is 248 g/mol. The molecule has 0 spiro atoms. The summed E-state index contributed by atoms with van der Waals surface area (Å²) >= 11 is 0. The highest BCUT2D eigenvalue weighted by molar-refractivity contribution is 6.92. The standard InChI is InChI=1S/C16H30Si2/c1-13(2)11-15(17(5,6)7)16(12-14(3)4)18(8,9)10/h1-10H3. The molecule has 0 nitrogen and oxygen atoms in total. The molecule has 18 heavy (non-hydrogen) atoms. The molecule has 0 atom stereocenters. The molecule has 0 aromatic rings. The summed E-state index contributed by atoms with van der Waals surface area (Å²) in [6.45, 7) is 23.0. The van der Waals surface area contributed by atoms with Crippen molar-refractivity contribution < 1.29 is 0 Å². The van der Waals surface area contributed by atoms with Crippen molar-refractivity contribution in [2.75, 3.05) is 0 Å². The Hall–Kier alpha value is -0.526. The fraction of sp³-hybridized carbons (Fsp3) is 0.625. The highest BCUT2D eigenvalue weighted by atomic mass is 28.3. The van der Waals surface area contributed by atoms with Gasteiger partial charge in [-0.2, -0.15) is 0 Å². The topological polar surface area (TPSA) is 0 Å². The van der Waals surface area contributed by atoms with Gasteiger partial charge in [0.15, 0.2) is 0 Å². The maximum Gasteiger partial charge on any atom is 0.0882 e. The van der Waals surface area contributed by atoms with Crippen LogP contribution >= 0.6 is 0 Å². The van der Waals surface area contributed by atoms with E-state index in [1.165, 1.54) is 21.5 Å². The molecule has 0 bridgehead atoms. The van der Waals surface area contributed by atoms with Gasteiger partial charge in [-0.1, -0.05) is 39.3 Å². The van der Waals surface area contributed by atoms with Gasteiger partial charge in [-0.3, -0.25) is 0 Å². The Labute approximate surface area is 116 Å². The summed E-state index contributed by atoms with van der Waals surface area (Å²) in [5.41, 5.74) is 9.85. The molecule has 0 aliphatic heterocycles. The maximum absolute atomic E-state index is 3.65. The summed E-state index contributed by atoms with van der Waals surface area (Å²) in [6, 6.07) is 0. The third kappa shape index (κ3) is 5.88. The lowest BCUT2D eigenvalue weighted by atomic mass is 10.3. The van der Waals surface area contributed by atoms with Crippen molar-refractivity contribution in [3.05, 3.63) is 33.0 Å². The summed E-state index contributed by atoms with van der Waals surface area (Å²) in [5.74, 6) is 0. The van der Waals surface area contributed by atoms with Crippen LogP contribution in [0.25, 0.3) is 0 Å². The highest BCUT2D eigenvalue weighted by Gasteiger charge is 2.30. The number of allylic oxidation sites excluding steroid dienone is 2. The molecule has 0 heterocycles. The van der Waals surface area contributed by atoms with Gasteiger partial charge in [-0.25, -0.2) is 0 Å². The lowest BCUT2D eigenvalue weighted by Crippen LogP contribution is -2.34. The van der Waals surface area contributed by atoms with Crippen LogP contribution in [0.4, 0.5) is 0 Å². The fourth-order valence-corrected chi connectivity index (χ4v) is 6.88. The van der Waals surface area contributed by atoms with Crippen LogP contribution < -0.4 is 0 Å². The molecule has 2 heteroatoms. The van der Waals surface area contributed by atoms with E-state index in [2.05, 4.69) is 78.4 Å². The zero-order valence-corrected chi connectivity index (χ0v) is 16.0. The molecule has 0 saturated carbocycles. The minimum Gasteiger partial charge on any atom is -0.123 e. The lowest BCUT2D eigenvalue weighted by molar-refractivity contribution is 1.38. The molecule has 0 radical (unpaired) electrons. The first-order valence-electron chi connectivity index (χ1n) is 6.75. The van der Waals surface area contributed by atoms with E-state index < -0.39 is 16.1 Å². The van der Waals surface area contributed by atoms with Gasteiger partial charge in [0.25, 0.3) is 0 Å². The van der Waals surface area contributed by atoms with Crippen molar-refractivity contribution in [2.45, 2.75) is 67.0 Å². The van der Waals surface area contributed by atoms with Crippen LogP contribution in [0, 0.1) is 0 Å². The van der Waals surface area contributed by atoms with Crippen molar-refractivity contribution >= 4 is 16.1 Å². The first-order chi connectivity index (χ1) is 7.85. The van der Waals surface area contributed by atoms with Crippen LogP contribution in [0.3, 0.4) is 0 Å². The maximum atomic E-state index is 3.65. The summed E-state index contributed by atoms with van der Waals surface area (Å²) in [5, 5.41) is 2.95. The van der Waals surface area contributed by atoms with Gasteiger partial charge < -0.3 is 0 Å². The van der Waals surface area contributed by atoms with Gasteiger partial charge in [-0.15, -0.1) is 11.5 Å². The molecule has 0 aromatic carbocycles. The van der Waals surface area contributed by atoms with Gasteiger partial charge in [0.1, 0.15) is 0 Å². The highest BCUT2D eigenvalue weighted by Crippen LogP contribution is 2.29. The van der Waals surface area contributed by atoms with Crippen molar-refractivity contribution in [1.82, 2.24) is 0 Å². The van der Waals surface area contributed by atoms with Crippen LogP contribution in [0.15, 0.2) is 33.0 Å². The molecule has 0 saturated heterocycles. The molecule has 0 N–H and O–H groups in total. The molecule has 0 fully saturated rings. The van der Waals surface area contributed by atoms with Gasteiger partial charge in [0, 0.05) is 0 Å². The van der Waals surface area contributed by atoms with Crippen LogP contribution in [0.5, 0.6) is 0 Å². The average Bonchev–Trinajstić information content (AvgIpc) is 2.06. The molecule has 0 aliphatic rings. The van der Waals surface area contributed by atoms with Gasteiger partial charge in [-0.05, 0) is 49.2 Å². The van der Waals surface area contributed by atoms with Gasteiger partial charge >= 0.3 is 0 Å². The first kappa shape index (κ1) is 17.5. The summed E-state index contributed by atoms with van der Waals surface area (Å²) in [6.07, 6.45) is 0. The average molecular weight is 279 g/mol. The minimum atomic E-state index is -1.38. The van der Waals surface area contributed by atoms with Crippen LogP contribution in [0.2, 0.25) is 39.3 Å². The Morgan fingerprint density at radius 1 is 0.556 bits per heavy atom. The summed E-state index contributed by atoms with van der Waals surface area (Å²) in [4.78, 5) is 0. The van der Waals surface area contributed by atoms with E-state index in [1.54, 1.807) is 0 Å². The second-order valence-corrected chi connectivity index (χ2v) is 17.5. The van der Waals surface area contributed by atoms with E-state index in [0.29, 0.717) is 0 Å². The van der Waals surface area contributed by atoms with Crippen LogP contribution in [0.1, 0.15) is 27.7 Å². The van der Waals surface area contributed by atoms with E-state index >= 15 is 0 Å². The van der Waals surface area contributed by atoms with E-state index in [0.717, 1.165) is 0 Å². The zero-order valence-electron chi connectivity index (χ0n) is 14.0. The third-order valence-corrected chi connectivity index (χ3v) is 6.50. The SMILES string of the molecule is CC(C)=C=C(C(=C=C(C)C)[Si](C)(C)C)[Si](C)(C)C. The normalized spacial score (nSPS) is 11.4. The molecule has 0 aliphatic carbocycles. The monoisotopic (exact) mass is 278 g/mol. The number of hydrogen-bond acceptors (Lipinski definition) is 0. The van der Waals surface area contributed by atoms with Crippen LogP contribution in [-0.4, -0.2) is 16.1 Å². The number of rotatable bonds is 3. The third-order valence-electron chi connectivity index (χ3n) is 2.50. The quantitative estimate of drug-likeness (QED) is 0.352. The molecule has 0 rings (SSSR count). The second kappa shape index (κ2) is 6.08. The van der Waals surface area contributed by atoms with E-state index in [9.17, 15) is 0 Å². The lowest BCUT2D eigenvalue weighted by Gasteiger charge is -2.28. The van der Waals surface area contributed by atoms with Gasteiger partial charge in [0.2, 0.25) is 0 Å². The second-order valence-electron chi connectivity index (χ2n) is 7.50. The van der Waals surface area contributed by atoms with E-state index in [-0.39, 0.29) is 0 Å². The van der Waals surface area contributed by atoms with Crippen molar-refractivity contribution in [1.29, 1.82) is 0 Å². The molecular formula is C16H30Si2. The minimum absolute atomic E-state index is 1.28. The predicted octanol–water partition coefficient (Wildman–Crippen LogP) is 5.72. The summed E-state index contributed by atoms with van der Waals surface area (Å²) < 4.78 is 0. The Morgan fingerprint density at radius 3 is 0.889 bits per heavy atom. The smallest absolute Gasteiger partial charge is 0.0882 e. The van der Waals surface area contributed by atoms with Crippen molar-refractivity contribution in [3.63, 3.8) is 0 Å². The Kier molecular flexibility index (Phi) is 5.90. The van der Waals surface area contributed by atoms with Crippen molar-refractivity contribution in [3.8, 4) is 0 Å². The Morgan fingerprint density at radius 2 is 0.778 bits per heavy atom. The first-order valence-corrected chi connectivity index (χ1v) is 13.8. The van der Waals surface area contributed by atoms with Crippen LogP contribution in [-0.2, 0) is 0 Å². The Bertz CT molecular complexity index is 386. The van der Waals surface area contributed by atoms with Crippen molar-refractivity contribution in [2.24, 2.45) is 0 Å². The number of hydrogen-bond donors (Lipinski definition) is 0.